The minimum Gasteiger partial charge on any atom is -0.255 e. The molecule has 0 bridgehead atoms. The molecule has 12 heavy (non-hydrogen) atoms. The van der Waals surface area contributed by atoms with Crippen molar-refractivity contribution in [3.05, 3.63) is 20.2 Å². The van der Waals surface area contributed by atoms with Gasteiger partial charge in [0.2, 0.25) is 0 Å². The summed E-state index contributed by atoms with van der Waals surface area (Å²) in [5.41, 5.74) is -0.172. The Morgan fingerprint density at radius 1 is 1.33 bits per heavy atom. The molecule has 0 aliphatic heterocycles. The average Bonchev–Trinajstić information content (AvgIpc) is 2.29. The fourth-order valence-electron chi connectivity index (χ4n) is 1.00. The SMILES string of the molecule is CCCn1sc(=O)n(CC)c1=O. The lowest BCUT2D eigenvalue weighted by Crippen LogP contribution is -2.27. The van der Waals surface area contributed by atoms with Crippen LogP contribution in [0.3, 0.4) is 0 Å². The molecule has 0 saturated carbocycles. The minimum absolute atomic E-state index is 0.157. The maximum atomic E-state index is 11.3. The number of rotatable bonds is 3. The first-order valence-corrected chi connectivity index (χ1v) is 4.79. The number of hydrogen-bond donors (Lipinski definition) is 0. The fourth-order valence-corrected chi connectivity index (χ4v) is 1.95. The van der Waals surface area contributed by atoms with Crippen molar-refractivity contribution in [2.24, 2.45) is 0 Å². The van der Waals surface area contributed by atoms with Crippen molar-refractivity contribution in [3.63, 3.8) is 0 Å². The molecule has 0 saturated heterocycles. The third kappa shape index (κ3) is 1.50. The van der Waals surface area contributed by atoms with E-state index in [0.717, 1.165) is 18.0 Å². The van der Waals surface area contributed by atoms with E-state index in [-0.39, 0.29) is 10.6 Å². The van der Waals surface area contributed by atoms with Crippen LogP contribution in [0.25, 0.3) is 0 Å². The topological polar surface area (TPSA) is 44.0 Å². The van der Waals surface area contributed by atoms with Crippen LogP contribution in [0, 0.1) is 0 Å². The Labute approximate surface area is 74.2 Å². The van der Waals surface area contributed by atoms with Gasteiger partial charge in [0, 0.05) is 24.6 Å². The molecule has 68 valence electrons. The lowest BCUT2D eigenvalue weighted by Gasteiger charge is -1.93. The zero-order valence-corrected chi connectivity index (χ0v) is 8.06. The van der Waals surface area contributed by atoms with Crippen molar-refractivity contribution in [1.82, 2.24) is 8.52 Å². The Kier molecular flexibility index (Phi) is 2.86. The van der Waals surface area contributed by atoms with Crippen molar-refractivity contribution in [2.45, 2.75) is 33.4 Å². The van der Waals surface area contributed by atoms with Gasteiger partial charge in [0.1, 0.15) is 0 Å². The highest BCUT2D eigenvalue weighted by Crippen LogP contribution is 1.89. The molecule has 0 aliphatic rings. The summed E-state index contributed by atoms with van der Waals surface area (Å²) in [7, 11) is 0. The summed E-state index contributed by atoms with van der Waals surface area (Å²) in [5.74, 6) is 0. The summed E-state index contributed by atoms with van der Waals surface area (Å²) in [6.07, 6.45) is 0.879. The summed E-state index contributed by atoms with van der Waals surface area (Å²) >= 11 is 1.00. The van der Waals surface area contributed by atoms with Crippen molar-refractivity contribution in [3.8, 4) is 0 Å². The first kappa shape index (κ1) is 9.25. The monoisotopic (exact) mass is 188 g/mol. The van der Waals surface area contributed by atoms with E-state index in [9.17, 15) is 9.59 Å². The van der Waals surface area contributed by atoms with E-state index in [1.165, 1.54) is 8.52 Å². The van der Waals surface area contributed by atoms with E-state index in [1.54, 1.807) is 6.92 Å². The van der Waals surface area contributed by atoms with Gasteiger partial charge in [-0.2, -0.15) is 0 Å². The molecule has 1 heterocycles. The number of aromatic nitrogens is 2. The summed E-state index contributed by atoms with van der Waals surface area (Å²) in [6, 6.07) is 0. The van der Waals surface area contributed by atoms with Crippen LogP contribution < -0.4 is 10.6 Å². The van der Waals surface area contributed by atoms with Crippen LogP contribution in [0.4, 0.5) is 0 Å². The van der Waals surface area contributed by atoms with E-state index < -0.39 is 0 Å². The first-order valence-electron chi connectivity index (χ1n) is 4.01. The lowest BCUT2D eigenvalue weighted by atomic mass is 10.5. The molecule has 5 heteroatoms. The van der Waals surface area contributed by atoms with Gasteiger partial charge in [0.25, 0.3) is 0 Å². The van der Waals surface area contributed by atoms with Crippen LogP contribution in [0.15, 0.2) is 9.59 Å². The fraction of sp³-hybridized carbons (Fsp3) is 0.714. The van der Waals surface area contributed by atoms with Crippen LogP contribution >= 0.6 is 11.5 Å². The van der Waals surface area contributed by atoms with Gasteiger partial charge < -0.3 is 0 Å². The van der Waals surface area contributed by atoms with Gasteiger partial charge in [-0.15, -0.1) is 0 Å². The van der Waals surface area contributed by atoms with Crippen molar-refractivity contribution in [1.29, 1.82) is 0 Å². The first-order chi connectivity index (χ1) is 5.70. The molecule has 0 N–H and O–H groups in total. The maximum absolute atomic E-state index is 11.3. The Morgan fingerprint density at radius 2 is 2.00 bits per heavy atom. The van der Waals surface area contributed by atoms with Gasteiger partial charge in [-0.3, -0.25) is 4.79 Å². The molecule has 0 atom stereocenters. The second kappa shape index (κ2) is 3.71. The second-order valence-electron chi connectivity index (χ2n) is 2.49. The number of nitrogens with zero attached hydrogens (tertiary/aromatic N) is 2. The molecule has 1 aromatic heterocycles. The van der Waals surface area contributed by atoms with Crippen LogP contribution in [0.2, 0.25) is 0 Å². The zero-order chi connectivity index (χ0) is 9.14. The summed E-state index contributed by atoms with van der Waals surface area (Å²) in [4.78, 5) is 22.3. The Hall–Kier alpha value is -0.840. The van der Waals surface area contributed by atoms with E-state index in [1.807, 2.05) is 6.92 Å². The van der Waals surface area contributed by atoms with Gasteiger partial charge >= 0.3 is 10.6 Å². The number of hydrogen-bond acceptors (Lipinski definition) is 3. The Balaban J connectivity index is 3.18. The van der Waals surface area contributed by atoms with Gasteiger partial charge in [-0.05, 0) is 13.3 Å². The molecular weight excluding hydrogens is 176 g/mol. The summed E-state index contributed by atoms with van der Waals surface area (Å²) in [5, 5.41) is 0. The predicted molar refractivity (Wildman–Crippen MR) is 48.8 cm³/mol. The smallest absolute Gasteiger partial charge is 0.255 e. The number of aryl methyl sites for hydroxylation is 1. The highest BCUT2D eigenvalue weighted by Gasteiger charge is 2.06. The van der Waals surface area contributed by atoms with E-state index in [4.69, 9.17) is 0 Å². The molecule has 0 unspecified atom stereocenters. The van der Waals surface area contributed by atoms with Crippen LogP contribution in [-0.2, 0) is 13.1 Å². The van der Waals surface area contributed by atoms with E-state index >= 15 is 0 Å². The van der Waals surface area contributed by atoms with Crippen LogP contribution in [0.5, 0.6) is 0 Å². The highest BCUT2D eigenvalue weighted by atomic mass is 32.1. The maximum Gasteiger partial charge on any atom is 0.341 e. The molecule has 1 aromatic rings. The normalized spacial score (nSPS) is 10.5. The van der Waals surface area contributed by atoms with E-state index in [0.29, 0.717) is 13.1 Å². The Bertz CT molecular complexity index is 360. The average molecular weight is 188 g/mol. The largest absolute Gasteiger partial charge is 0.341 e. The van der Waals surface area contributed by atoms with Crippen LogP contribution in [-0.4, -0.2) is 8.52 Å². The molecule has 1 rings (SSSR count). The molecule has 4 nitrogen and oxygen atoms in total. The van der Waals surface area contributed by atoms with Crippen LogP contribution in [0.1, 0.15) is 20.3 Å². The third-order valence-electron chi connectivity index (χ3n) is 1.60. The second-order valence-corrected chi connectivity index (χ2v) is 3.46. The standard InChI is InChI=1S/C7H12N2O2S/c1-3-5-9-6(10)8(4-2)7(11)12-9/h3-5H2,1-2H3. The van der Waals surface area contributed by atoms with Gasteiger partial charge in [-0.25, -0.2) is 13.3 Å². The van der Waals surface area contributed by atoms with Gasteiger partial charge in [0.05, 0.1) is 0 Å². The molecule has 0 fully saturated rings. The molecule has 0 amide bonds. The van der Waals surface area contributed by atoms with E-state index in [2.05, 4.69) is 0 Å². The van der Waals surface area contributed by atoms with Gasteiger partial charge in [0.15, 0.2) is 0 Å². The van der Waals surface area contributed by atoms with Crippen molar-refractivity contribution in [2.75, 3.05) is 0 Å². The van der Waals surface area contributed by atoms with Crippen molar-refractivity contribution >= 4 is 11.5 Å². The molecule has 0 aliphatic carbocycles. The molecule has 0 radical (unpaired) electrons. The quantitative estimate of drug-likeness (QED) is 0.693. The third-order valence-corrected chi connectivity index (χ3v) is 2.53. The zero-order valence-electron chi connectivity index (χ0n) is 7.24. The molecular formula is C7H12N2O2S. The predicted octanol–water partition coefficient (Wildman–Crippen LogP) is 0.501. The molecule has 0 spiro atoms. The summed E-state index contributed by atoms with van der Waals surface area (Å²) in [6.45, 7) is 4.88. The van der Waals surface area contributed by atoms with Gasteiger partial charge in [-0.1, -0.05) is 6.92 Å². The highest BCUT2D eigenvalue weighted by molar-refractivity contribution is 7.03. The lowest BCUT2D eigenvalue weighted by molar-refractivity contribution is 0.630. The van der Waals surface area contributed by atoms with Crippen molar-refractivity contribution < 1.29 is 0 Å². The summed E-state index contributed by atoms with van der Waals surface area (Å²) < 4.78 is 2.76. The minimum atomic E-state index is -0.172. The Morgan fingerprint density at radius 3 is 2.42 bits per heavy atom. The molecule has 0 aromatic carbocycles.